The summed E-state index contributed by atoms with van der Waals surface area (Å²) in [6.07, 6.45) is -0.944. The average molecular weight is 484 g/mol. The minimum atomic E-state index is -0.944. The van der Waals surface area contributed by atoms with E-state index in [0.29, 0.717) is 35.2 Å². The summed E-state index contributed by atoms with van der Waals surface area (Å²) in [6.45, 7) is 2.18. The van der Waals surface area contributed by atoms with Crippen molar-refractivity contribution in [1.29, 1.82) is 0 Å². The number of nitrogens with zero attached hydrogens (tertiary/aromatic N) is 4. The third kappa shape index (κ3) is 4.08. The van der Waals surface area contributed by atoms with Crippen molar-refractivity contribution in [1.82, 2.24) is 14.9 Å². The van der Waals surface area contributed by atoms with Gasteiger partial charge in [0.25, 0.3) is 5.56 Å². The van der Waals surface area contributed by atoms with Gasteiger partial charge < -0.3 is 29.1 Å². The third-order valence-electron chi connectivity index (χ3n) is 6.27. The number of nitrogens with one attached hydrogen (secondary N) is 1. The monoisotopic (exact) mass is 483 g/mol. The Labute approximate surface area is 202 Å². The van der Waals surface area contributed by atoms with Crippen molar-refractivity contribution in [2.45, 2.75) is 25.7 Å². The Kier molecular flexibility index (Phi) is 6.44. The predicted molar refractivity (Wildman–Crippen MR) is 132 cm³/mol. The molecule has 11 nitrogen and oxygen atoms in total. The number of amides is 2. The normalized spacial score (nSPS) is 17.7. The number of likely N-dealkylation sites (N-methyl/N-ethyl adjacent to an activating group) is 1. The van der Waals surface area contributed by atoms with Gasteiger partial charge >= 0.3 is 6.03 Å². The van der Waals surface area contributed by atoms with Gasteiger partial charge in [0.2, 0.25) is 11.7 Å². The molecule has 11 heteroatoms. The van der Waals surface area contributed by atoms with Crippen molar-refractivity contribution in [2.24, 2.45) is 0 Å². The van der Waals surface area contributed by atoms with Gasteiger partial charge in [-0.15, -0.1) is 0 Å². The molecule has 0 bridgehead atoms. The van der Waals surface area contributed by atoms with Crippen LogP contribution in [0.2, 0.25) is 0 Å². The molecule has 2 unspecified atom stereocenters. The summed E-state index contributed by atoms with van der Waals surface area (Å²) in [5.74, 6) is 1.29. The van der Waals surface area contributed by atoms with Crippen LogP contribution in [0.1, 0.15) is 12.5 Å². The first-order valence-corrected chi connectivity index (χ1v) is 11.0. The van der Waals surface area contributed by atoms with Crippen molar-refractivity contribution >= 4 is 28.6 Å². The van der Waals surface area contributed by atoms with E-state index in [4.69, 9.17) is 14.2 Å². The lowest BCUT2D eigenvalue weighted by atomic mass is 10.1. The molecule has 1 aliphatic heterocycles. The average Bonchev–Trinajstić information content (AvgIpc) is 3.04. The first kappa shape index (κ1) is 24.1. The number of methoxy groups -OCH3 is 3. The molecule has 0 saturated carbocycles. The number of aromatic amines is 1. The molecule has 2 aromatic carbocycles. The van der Waals surface area contributed by atoms with E-state index in [-0.39, 0.29) is 28.8 Å². The Balaban J connectivity index is 1.67. The van der Waals surface area contributed by atoms with Crippen molar-refractivity contribution < 1.29 is 24.1 Å². The Morgan fingerprint density at radius 1 is 1.11 bits per heavy atom. The molecule has 0 radical (unpaired) electrons. The number of rotatable bonds is 7. The molecule has 0 aliphatic carbocycles. The highest BCUT2D eigenvalue weighted by atomic mass is 16.5. The van der Waals surface area contributed by atoms with Crippen LogP contribution >= 0.6 is 0 Å². The fourth-order valence-electron chi connectivity index (χ4n) is 4.23. The molecule has 1 aromatic heterocycles. The maximum atomic E-state index is 13.0. The van der Waals surface area contributed by atoms with E-state index in [1.54, 1.807) is 38.1 Å². The number of aromatic nitrogens is 2. The molecule has 186 valence electrons. The van der Waals surface area contributed by atoms with Gasteiger partial charge in [0.1, 0.15) is 5.39 Å². The Morgan fingerprint density at radius 2 is 1.83 bits per heavy atom. The molecule has 2 atom stereocenters. The molecule has 1 fully saturated rings. The largest absolute Gasteiger partial charge is 0.493 e. The van der Waals surface area contributed by atoms with E-state index in [2.05, 4.69) is 9.97 Å². The van der Waals surface area contributed by atoms with Gasteiger partial charge in [0, 0.05) is 32.4 Å². The zero-order valence-electron chi connectivity index (χ0n) is 20.5. The smallest absolute Gasteiger partial charge is 0.326 e. The lowest BCUT2D eigenvalue weighted by Gasteiger charge is -2.22. The molecular formula is C24H29N5O6. The summed E-state index contributed by atoms with van der Waals surface area (Å²) >= 11 is 0. The summed E-state index contributed by atoms with van der Waals surface area (Å²) in [6, 6.07) is 8.36. The number of aliphatic hydroxyl groups excluding tert-OH is 1. The quantitative estimate of drug-likeness (QED) is 0.525. The predicted octanol–water partition coefficient (Wildman–Crippen LogP) is 2.16. The molecule has 4 rings (SSSR count). The number of benzene rings is 2. The lowest BCUT2D eigenvalue weighted by Crippen LogP contribution is -2.35. The molecule has 3 aromatic rings. The number of hydrogen-bond donors (Lipinski definition) is 2. The molecule has 2 N–H and O–H groups in total. The van der Waals surface area contributed by atoms with Gasteiger partial charge in [0.05, 0.1) is 32.9 Å². The number of fused-ring (bicyclic) bond motifs is 1. The van der Waals surface area contributed by atoms with Crippen molar-refractivity contribution in [3.63, 3.8) is 0 Å². The van der Waals surface area contributed by atoms with E-state index in [0.717, 1.165) is 5.56 Å². The van der Waals surface area contributed by atoms with Crippen LogP contribution in [-0.4, -0.2) is 73.7 Å². The van der Waals surface area contributed by atoms with E-state index in [1.807, 2.05) is 18.2 Å². The minimum Gasteiger partial charge on any atom is -0.493 e. The molecule has 1 aliphatic rings. The Hall–Kier alpha value is -3.99. The maximum Gasteiger partial charge on any atom is 0.326 e. The molecular weight excluding hydrogens is 454 g/mol. The second-order valence-electron chi connectivity index (χ2n) is 8.37. The van der Waals surface area contributed by atoms with Gasteiger partial charge in [-0.05, 0) is 24.6 Å². The van der Waals surface area contributed by atoms with E-state index < -0.39 is 6.23 Å². The lowest BCUT2D eigenvalue weighted by molar-refractivity contribution is 0.138. The van der Waals surface area contributed by atoms with Crippen molar-refractivity contribution in [3.8, 4) is 17.2 Å². The highest BCUT2D eigenvalue weighted by molar-refractivity contribution is 5.95. The number of carbonyl (C=O) groups excluding carboxylic acids is 1. The number of anilines is 2. The standard InChI is InChI=1S/C24H29N5O6/c1-13-22(31)29(24(32)28(13)3)15-9-7-8-14(10-15)12-27(2)23-25-16-11-17(33-4)19(34-5)20(35-6)18(16)21(30)26-23/h7-11,13,22,31H,12H2,1-6H3,(H,25,26,30). The first-order valence-electron chi connectivity index (χ1n) is 11.0. The first-order chi connectivity index (χ1) is 16.7. The van der Waals surface area contributed by atoms with Gasteiger partial charge in [-0.2, -0.15) is 0 Å². The number of H-pyrrole nitrogens is 1. The van der Waals surface area contributed by atoms with Crippen LogP contribution < -0.4 is 29.6 Å². The Morgan fingerprint density at radius 3 is 2.43 bits per heavy atom. The summed E-state index contributed by atoms with van der Waals surface area (Å²) in [4.78, 5) is 37.7. The molecule has 0 spiro atoms. The third-order valence-corrected chi connectivity index (χ3v) is 6.27. The number of urea groups is 1. The maximum absolute atomic E-state index is 13.0. The SMILES string of the molecule is COc1cc2nc(N(C)Cc3cccc(N4C(=O)N(C)C(C)C4O)c3)[nH]c(=O)c2c(OC)c1OC. The van der Waals surface area contributed by atoms with Crippen LogP contribution in [0.3, 0.4) is 0 Å². The number of hydrogen-bond acceptors (Lipinski definition) is 8. The number of aliphatic hydroxyl groups is 1. The van der Waals surface area contributed by atoms with Crippen LogP contribution in [0, 0.1) is 0 Å². The molecule has 2 amide bonds. The van der Waals surface area contributed by atoms with Gasteiger partial charge in [-0.25, -0.2) is 9.78 Å². The fraction of sp³-hybridized carbons (Fsp3) is 0.375. The molecule has 2 heterocycles. The van der Waals surface area contributed by atoms with Crippen LogP contribution in [0.4, 0.5) is 16.4 Å². The Bertz CT molecular complexity index is 1330. The topological polar surface area (TPSA) is 120 Å². The second-order valence-corrected chi connectivity index (χ2v) is 8.37. The molecule has 35 heavy (non-hydrogen) atoms. The summed E-state index contributed by atoms with van der Waals surface area (Å²) in [5.41, 5.74) is 1.46. The van der Waals surface area contributed by atoms with Crippen LogP contribution in [0.5, 0.6) is 17.2 Å². The van der Waals surface area contributed by atoms with Gasteiger partial charge in [0.15, 0.2) is 17.7 Å². The van der Waals surface area contributed by atoms with Crippen LogP contribution in [-0.2, 0) is 6.54 Å². The summed E-state index contributed by atoms with van der Waals surface area (Å²) in [7, 11) is 7.87. The van der Waals surface area contributed by atoms with Gasteiger partial charge in [-0.3, -0.25) is 14.7 Å². The van der Waals surface area contributed by atoms with Crippen molar-refractivity contribution in [3.05, 3.63) is 46.2 Å². The number of ether oxygens (including phenoxy) is 3. The highest BCUT2D eigenvalue weighted by Gasteiger charge is 2.41. The summed E-state index contributed by atoms with van der Waals surface area (Å²) in [5, 5.41) is 10.8. The zero-order chi connectivity index (χ0) is 25.4. The zero-order valence-corrected chi connectivity index (χ0v) is 20.5. The second kappa shape index (κ2) is 9.34. The van der Waals surface area contributed by atoms with E-state index in [1.165, 1.54) is 31.1 Å². The minimum absolute atomic E-state index is 0.241. The van der Waals surface area contributed by atoms with E-state index >= 15 is 0 Å². The highest BCUT2D eigenvalue weighted by Crippen LogP contribution is 2.41. The fourth-order valence-corrected chi connectivity index (χ4v) is 4.23. The van der Waals surface area contributed by atoms with Crippen molar-refractivity contribution in [2.75, 3.05) is 45.2 Å². The van der Waals surface area contributed by atoms with Crippen LogP contribution in [0.15, 0.2) is 35.1 Å². The van der Waals surface area contributed by atoms with Crippen LogP contribution in [0.25, 0.3) is 10.9 Å². The van der Waals surface area contributed by atoms with Gasteiger partial charge in [-0.1, -0.05) is 12.1 Å². The summed E-state index contributed by atoms with van der Waals surface area (Å²) < 4.78 is 16.2. The van der Waals surface area contributed by atoms with E-state index in [9.17, 15) is 14.7 Å². The molecule has 1 saturated heterocycles. The number of carbonyl (C=O) groups is 1.